The van der Waals surface area contributed by atoms with Crippen LogP contribution >= 0.6 is 0 Å². The van der Waals surface area contributed by atoms with Gasteiger partial charge in [0.15, 0.2) is 0 Å². The van der Waals surface area contributed by atoms with Crippen molar-refractivity contribution < 1.29 is 22.0 Å². The first-order valence-electron chi connectivity index (χ1n) is 6.48. The molecule has 0 fully saturated rings. The monoisotopic (exact) mass is 320 g/mol. The molecule has 1 amide bonds. The van der Waals surface area contributed by atoms with E-state index in [9.17, 15) is 22.0 Å². The van der Waals surface area contributed by atoms with Crippen molar-refractivity contribution in [1.29, 1.82) is 0 Å². The average molecular weight is 320 g/mol. The van der Waals surface area contributed by atoms with Crippen molar-refractivity contribution in [2.24, 2.45) is 5.92 Å². The quantitative estimate of drug-likeness (QED) is 0.805. The predicted octanol–water partition coefficient (Wildman–Crippen LogP) is 1.87. The van der Waals surface area contributed by atoms with Crippen molar-refractivity contribution in [2.45, 2.75) is 20.3 Å². The van der Waals surface area contributed by atoms with E-state index in [0.717, 1.165) is 18.6 Å². The largest absolute Gasteiger partial charge is 0.356 e. The van der Waals surface area contributed by atoms with Crippen LogP contribution in [-0.4, -0.2) is 26.6 Å². The number of amides is 1. The second kappa shape index (κ2) is 7.35. The van der Waals surface area contributed by atoms with Crippen molar-refractivity contribution in [1.82, 2.24) is 5.32 Å². The highest BCUT2D eigenvalue weighted by Crippen LogP contribution is 2.17. The summed E-state index contributed by atoms with van der Waals surface area (Å²) in [6.45, 7) is 3.80. The summed E-state index contributed by atoms with van der Waals surface area (Å²) in [4.78, 5) is 11.6. The second-order valence-electron chi connectivity index (χ2n) is 4.70. The number of anilines is 1. The van der Waals surface area contributed by atoms with Crippen LogP contribution < -0.4 is 10.0 Å². The summed E-state index contributed by atoms with van der Waals surface area (Å²) in [6.07, 6.45) is 0.740. The van der Waals surface area contributed by atoms with Gasteiger partial charge in [-0.25, -0.2) is 17.2 Å². The van der Waals surface area contributed by atoms with Crippen LogP contribution in [0.2, 0.25) is 0 Å². The lowest BCUT2D eigenvalue weighted by Gasteiger charge is -2.14. The number of carbonyl (C=O) groups is 1. The van der Waals surface area contributed by atoms with Gasteiger partial charge in [0.1, 0.15) is 11.6 Å². The molecule has 0 heterocycles. The van der Waals surface area contributed by atoms with Gasteiger partial charge < -0.3 is 5.32 Å². The number of nitrogens with one attached hydrogen (secondary N) is 2. The van der Waals surface area contributed by atoms with Crippen LogP contribution in [0.4, 0.5) is 14.5 Å². The van der Waals surface area contributed by atoms with Crippen LogP contribution in [0.1, 0.15) is 20.3 Å². The Labute approximate surface area is 122 Å². The molecule has 118 valence electrons. The van der Waals surface area contributed by atoms with Gasteiger partial charge in [-0.2, -0.15) is 0 Å². The van der Waals surface area contributed by atoms with Crippen molar-refractivity contribution in [2.75, 3.05) is 17.0 Å². The van der Waals surface area contributed by atoms with Gasteiger partial charge in [-0.3, -0.25) is 9.52 Å². The molecular weight excluding hydrogens is 302 g/mol. The molecule has 1 unspecified atom stereocenters. The van der Waals surface area contributed by atoms with Gasteiger partial charge in [0, 0.05) is 12.6 Å². The van der Waals surface area contributed by atoms with E-state index in [4.69, 9.17) is 0 Å². The lowest BCUT2D eigenvalue weighted by atomic mass is 10.2. The Morgan fingerprint density at radius 2 is 2.00 bits per heavy atom. The minimum atomic E-state index is -3.91. The highest BCUT2D eigenvalue weighted by Gasteiger charge is 2.22. The first-order valence-corrected chi connectivity index (χ1v) is 8.13. The molecule has 0 bridgehead atoms. The second-order valence-corrected chi connectivity index (χ2v) is 6.47. The third kappa shape index (κ3) is 5.66. The Hall–Kier alpha value is -1.70. The van der Waals surface area contributed by atoms with E-state index in [1.54, 1.807) is 0 Å². The molecule has 5 nitrogen and oxygen atoms in total. The molecule has 0 aliphatic carbocycles. The Balaban J connectivity index is 2.71. The molecule has 1 aromatic rings. The lowest BCUT2D eigenvalue weighted by molar-refractivity contribution is -0.123. The number of hydrogen-bond donors (Lipinski definition) is 2. The third-order valence-electron chi connectivity index (χ3n) is 2.66. The maximum atomic E-state index is 13.4. The standard InChI is InChI=1S/C13H18F2N2O3S/c1-3-6-16-13(18)9(2)8-21(19,20)17-12-5-4-10(14)7-11(12)15/h4-5,7,9,17H,3,6,8H2,1-2H3,(H,16,18). The average Bonchev–Trinajstić information content (AvgIpc) is 2.38. The van der Waals surface area contributed by atoms with Gasteiger partial charge >= 0.3 is 0 Å². The zero-order chi connectivity index (χ0) is 16.0. The van der Waals surface area contributed by atoms with Crippen molar-refractivity contribution >= 4 is 21.6 Å². The SMILES string of the molecule is CCCNC(=O)C(C)CS(=O)(=O)Nc1ccc(F)cc1F. The van der Waals surface area contributed by atoms with Gasteiger partial charge in [-0.1, -0.05) is 13.8 Å². The molecular formula is C13H18F2N2O3S. The summed E-state index contributed by atoms with van der Waals surface area (Å²) in [7, 11) is -3.91. The van der Waals surface area contributed by atoms with Crippen LogP contribution in [0, 0.1) is 17.6 Å². The summed E-state index contributed by atoms with van der Waals surface area (Å²) in [6, 6.07) is 2.51. The lowest BCUT2D eigenvalue weighted by Crippen LogP contribution is -2.35. The van der Waals surface area contributed by atoms with Gasteiger partial charge in [0.25, 0.3) is 0 Å². The molecule has 1 rings (SSSR count). The summed E-state index contributed by atoms with van der Waals surface area (Å²) >= 11 is 0. The van der Waals surface area contributed by atoms with Crippen molar-refractivity contribution in [3.8, 4) is 0 Å². The normalized spacial score (nSPS) is 12.8. The predicted molar refractivity (Wildman–Crippen MR) is 76.2 cm³/mol. The van der Waals surface area contributed by atoms with Crippen molar-refractivity contribution in [3.63, 3.8) is 0 Å². The third-order valence-corrected chi connectivity index (χ3v) is 4.13. The van der Waals surface area contributed by atoms with Crippen LogP contribution in [0.5, 0.6) is 0 Å². The maximum Gasteiger partial charge on any atom is 0.233 e. The van der Waals surface area contributed by atoms with E-state index >= 15 is 0 Å². The highest BCUT2D eigenvalue weighted by atomic mass is 32.2. The van der Waals surface area contributed by atoms with E-state index in [1.165, 1.54) is 6.92 Å². The van der Waals surface area contributed by atoms with Crippen LogP contribution in [-0.2, 0) is 14.8 Å². The molecule has 1 atom stereocenters. The van der Waals surface area contributed by atoms with E-state index in [2.05, 4.69) is 5.32 Å². The zero-order valence-electron chi connectivity index (χ0n) is 11.8. The van der Waals surface area contributed by atoms with Crippen LogP contribution in [0.3, 0.4) is 0 Å². The van der Waals surface area contributed by atoms with Gasteiger partial charge in [-0.15, -0.1) is 0 Å². The molecule has 0 aromatic heterocycles. The van der Waals surface area contributed by atoms with E-state index in [-0.39, 0.29) is 11.6 Å². The van der Waals surface area contributed by atoms with Crippen molar-refractivity contribution in [3.05, 3.63) is 29.8 Å². The Morgan fingerprint density at radius 1 is 1.33 bits per heavy atom. The smallest absolute Gasteiger partial charge is 0.233 e. The molecule has 0 saturated heterocycles. The van der Waals surface area contributed by atoms with Gasteiger partial charge in [-0.05, 0) is 18.6 Å². The van der Waals surface area contributed by atoms with Crippen LogP contribution in [0.25, 0.3) is 0 Å². The maximum absolute atomic E-state index is 13.4. The summed E-state index contributed by atoms with van der Waals surface area (Å²) in [5, 5.41) is 2.58. The van der Waals surface area contributed by atoms with Gasteiger partial charge in [0.05, 0.1) is 17.4 Å². The Morgan fingerprint density at radius 3 is 2.57 bits per heavy atom. The number of sulfonamides is 1. The molecule has 0 radical (unpaired) electrons. The summed E-state index contributed by atoms with van der Waals surface area (Å²) < 4.78 is 51.9. The van der Waals surface area contributed by atoms with E-state index in [0.29, 0.717) is 12.6 Å². The van der Waals surface area contributed by atoms with Gasteiger partial charge in [0.2, 0.25) is 15.9 Å². The van der Waals surface area contributed by atoms with Crippen LogP contribution in [0.15, 0.2) is 18.2 Å². The highest BCUT2D eigenvalue weighted by molar-refractivity contribution is 7.92. The molecule has 0 aliphatic rings. The zero-order valence-corrected chi connectivity index (χ0v) is 12.6. The fourth-order valence-electron chi connectivity index (χ4n) is 1.61. The molecule has 0 spiro atoms. The first-order chi connectivity index (χ1) is 9.75. The summed E-state index contributed by atoms with van der Waals surface area (Å²) in [5.74, 6) is -3.47. The minimum Gasteiger partial charge on any atom is -0.356 e. The molecule has 0 saturated carbocycles. The molecule has 21 heavy (non-hydrogen) atoms. The van der Waals surface area contributed by atoms with E-state index in [1.807, 2.05) is 11.6 Å². The van der Waals surface area contributed by atoms with E-state index < -0.39 is 33.3 Å². The summed E-state index contributed by atoms with van der Waals surface area (Å²) in [5.41, 5.74) is -0.349. The molecule has 0 aliphatic heterocycles. The fourth-order valence-corrected chi connectivity index (χ4v) is 3.00. The first kappa shape index (κ1) is 17.4. The topological polar surface area (TPSA) is 75.3 Å². The Bertz CT molecular complexity index is 605. The number of hydrogen-bond acceptors (Lipinski definition) is 3. The molecule has 2 N–H and O–H groups in total. The molecule has 8 heteroatoms. The number of benzene rings is 1. The number of carbonyl (C=O) groups excluding carboxylic acids is 1. The Kier molecular flexibility index (Phi) is 6.07. The molecule has 1 aromatic carbocycles. The number of rotatable bonds is 7. The fraction of sp³-hybridized carbons (Fsp3) is 0.462. The minimum absolute atomic E-state index is 0.349. The number of halogens is 2.